The maximum atomic E-state index is 13.5. The number of benzene rings is 3. The minimum atomic E-state index is -0.750. The average molecular weight is 515 g/mol. The van der Waals surface area contributed by atoms with Crippen LogP contribution < -0.4 is 14.4 Å². The number of Topliss-reactive ketones (excluding diaryl/α,β-unsaturated/α-hetero) is 1. The first-order chi connectivity index (χ1) is 18.2. The van der Waals surface area contributed by atoms with Gasteiger partial charge in [-0.2, -0.15) is 0 Å². The van der Waals surface area contributed by atoms with E-state index in [0.717, 1.165) is 33.7 Å². The summed E-state index contributed by atoms with van der Waals surface area (Å²) in [7, 11) is 5.48. The Bertz CT molecular complexity index is 1370. The molecule has 198 valence electrons. The van der Waals surface area contributed by atoms with Crippen LogP contribution in [0.5, 0.6) is 11.5 Å². The summed E-state index contributed by atoms with van der Waals surface area (Å²) in [6, 6.07) is 18.0. The summed E-state index contributed by atoms with van der Waals surface area (Å²) < 4.78 is 10.9. The molecule has 1 saturated heterocycles. The van der Waals surface area contributed by atoms with E-state index >= 15 is 0 Å². The van der Waals surface area contributed by atoms with E-state index in [1.807, 2.05) is 94.4 Å². The Balaban J connectivity index is 1.84. The Morgan fingerprint density at radius 1 is 0.974 bits per heavy atom. The van der Waals surface area contributed by atoms with Gasteiger partial charge in [0.05, 0.1) is 25.3 Å². The number of ether oxygens (including phenoxy) is 2. The number of hydrogen-bond donors (Lipinski definition) is 1. The van der Waals surface area contributed by atoms with E-state index in [-0.39, 0.29) is 17.9 Å². The zero-order valence-electron chi connectivity index (χ0n) is 22.7. The number of aliphatic hydroxyl groups is 1. The largest absolute Gasteiger partial charge is 0.507 e. The molecule has 1 aliphatic heterocycles. The minimum absolute atomic E-state index is 0.0752. The zero-order chi connectivity index (χ0) is 27.6. The Hall–Kier alpha value is -4.26. The van der Waals surface area contributed by atoms with Crippen LogP contribution in [-0.4, -0.2) is 49.5 Å². The van der Waals surface area contributed by atoms with Crippen LogP contribution >= 0.6 is 0 Å². The van der Waals surface area contributed by atoms with Crippen LogP contribution in [0.3, 0.4) is 0 Å². The monoisotopic (exact) mass is 514 g/mol. The molecule has 1 atom stereocenters. The second kappa shape index (κ2) is 11.0. The summed E-state index contributed by atoms with van der Waals surface area (Å²) in [5, 5.41) is 11.5. The predicted octanol–water partition coefficient (Wildman–Crippen LogP) is 5.40. The molecule has 38 heavy (non-hydrogen) atoms. The van der Waals surface area contributed by atoms with Crippen LogP contribution in [0.4, 0.5) is 5.69 Å². The molecule has 7 nitrogen and oxygen atoms in total. The first-order valence-corrected chi connectivity index (χ1v) is 12.6. The van der Waals surface area contributed by atoms with Crippen molar-refractivity contribution in [2.45, 2.75) is 33.4 Å². The molecular formula is C31H34N2O5. The molecular weight excluding hydrogens is 480 g/mol. The van der Waals surface area contributed by atoms with E-state index in [4.69, 9.17) is 9.47 Å². The zero-order valence-corrected chi connectivity index (χ0v) is 22.7. The quantitative estimate of drug-likeness (QED) is 0.246. The van der Waals surface area contributed by atoms with Gasteiger partial charge < -0.3 is 24.4 Å². The van der Waals surface area contributed by atoms with Gasteiger partial charge in [-0.05, 0) is 79.4 Å². The van der Waals surface area contributed by atoms with E-state index in [0.29, 0.717) is 17.9 Å². The van der Waals surface area contributed by atoms with Crippen molar-refractivity contribution in [2.24, 2.45) is 0 Å². The van der Waals surface area contributed by atoms with Gasteiger partial charge in [-0.15, -0.1) is 0 Å². The third-order valence-electron chi connectivity index (χ3n) is 6.85. The fourth-order valence-electron chi connectivity index (χ4n) is 4.81. The summed E-state index contributed by atoms with van der Waals surface area (Å²) >= 11 is 0. The van der Waals surface area contributed by atoms with Gasteiger partial charge in [0.25, 0.3) is 11.7 Å². The molecule has 0 spiro atoms. The van der Waals surface area contributed by atoms with Gasteiger partial charge in [0.2, 0.25) is 0 Å². The van der Waals surface area contributed by atoms with Crippen molar-refractivity contribution < 1.29 is 24.2 Å². The number of aryl methyl sites for hydroxylation is 2. The molecule has 3 aromatic rings. The fraction of sp³-hybridized carbons (Fsp3) is 0.290. The number of nitrogens with zero attached hydrogens (tertiary/aromatic N) is 2. The third kappa shape index (κ3) is 5.09. The van der Waals surface area contributed by atoms with Gasteiger partial charge >= 0.3 is 0 Å². The highest BCUT2D eigenvalue weighted by molar-refractivity contribution is 6.46. The predicted molar refractivity (Wildman–Crippen MR) is 149 cm³/mol. The molecule has 1 fully saturated rings. The van der Waals surface area contributed by atoms with E-state index in [1.54, 1.807) is 13.2 Å². The molecule has 0 radical (unpaired) electrons. The van der Waals surface area contributed by atoms with Crippen molar-refractivity contribution in [2.75, 3.05) is 32.7 Å². The lowest BCUT2D eigenvalue weighted by molar-refractivity contribution is -0.140. The van der Waals surface area contributed by atoms with E-state index in [1.165, 1.54) is 4.90 Å². The Morgan fingerprint density at radius 2 is 1.63 bits per heavy atom. The van der Waals surface area contributed by atoms with Crippen LogP contribution in [0.1, 0.15) is 40.8 Å². The molecule has 3 aromatic carbocycles. The summed E-state index contributed by atoms with van der Waals surface area (Å²) in [6.07, 6.45) is 0. The van der Waals surface area contributed by atoms with Crippen molar-refractivity contribution in [3.8, 4) is 11.5 Å². The van der Waals surface area contributed by atoms with E-state index in [9.17, 15) is 14.7 Å². The van der Waals surface area contributed by atoms with E-state index in [2.05, 4.69) is 0 Å². The topological polar surface area (TPSA) is 79.3 Å². The van der Waals surface area contributed by atoms with Gasteiger partial charge in [-0.25, -0.2) is 0 Å². The lowest BCUT2D eigenvalue weighted by atomic mass is 9.93. The van der Waals surface area contributed by atoms with Crippen LogP contribution in [0, 0.1) is 13.8 Å². The van der Waals surface area contributed by atoms with Crippen molar-refractivity contribution in [3.05, 3.63) is 94.1 Å². The lowest BCUT2D eigenvalue weighted by Crippen LogP contribution is -2.29. The highest BCUT2D eigenvalue weighted by Gasteiger charge is 2.46. The van der Waals surface area contributed by atoms with Crippen LogP contribution in [0.25, 0.3) is 5.76 Å². The summed E-state index contributed by atoms with van der Waals surface area (Å²) in [4.78, 5) is 30.4. The Morgan fingerprint density at radius 3 is 2.21 bits per heavy atom. The number of carbonyl (C=O) groups excluding carboxylic acids is 2. The molecule has 1 heterocycles. The molecule has 0 bridgehead atoms. The Labute approximate surface area is 223 Å². The third-order valence-corrected chi connectivity index (χ3v) is 6.85. The van der Waals surface area contributed by atoms with Gasteiger partial charge in [0.15, 0.2) is 0 Å². The molecule has 0 aliphatic carbocycles. The summed E-state index contributed by atoms with van der Waals surface area (Å²) in [5.41, 5.74) is 4.70. The number of aliphatic hydroxyl groups excluding tert-OH is 1. The lowest BCUT2D eigenvalue weighted by Gasteiger charge is -2.26. The molecule has 7 heteroatoms. The number of anilines is 1. The highest BCUT2D eigenvalue weighted by Crippen LogP contribution is 2.41. The first-order valence-electron chi connectivity index (χ1n) is 12.6. The van der Waals surface area contributed by atoms with Gasteiger partial charge in [-0.3, -0.25) is 9.59 Å². The molecule has 1 aliphatic rings. The maximum Gasteiger partial charge on any atom is 0.295 e. The molecule has 4 rings (SSSR count). The van der Waals surface area contributed by atoms with Gasteiger partial charge in [0.1, 0.15) is 17.3 Å². The smallest absolute Gasteiger partial charge is 0.295 e. The molecule has 1 N–H and O–H groups in total. The minimum Gasteiger partial charge on any atom is -0.507 e. The number of rotatable bonds is 8. The Kier molecular flexibility index (Phi) is 7.76. The van der Waals surface area contributed by atoms with Crippen LogP contribution in [-0.2, 0) is 16.1 Å². The molecule has 1 amide bonds. The molecule has 0 saturated carbocycles. The molecule has 1 unspecified atom stereocenters. The van der Waals surface area contributed by atoms with Crippen molar-refractivity contribution in [1.29, 1.82) is 0 Å². The van der Waals surface area contributed by atoms with E-state index < -0.39 is 17.7 Å². The second-order valence-corrected chi connectivity index (χ2v) is 9.63. The van der Waals surface area contributed by atoms with Crippen molar-refractivity contribution in [3.63, 3.8) is 0 Å². The number of hydrogen-bond acceptors (Lipinski definition) is 6. The highest BCUT2D eigenvalue weighted by atomic mass is 16.5. The van der Waals surface area contributed by atoms with Crippen LogP contribution in [0.15, 0.2) is 66.2 Å². The average Bonchev–Trinajstić information content (AvgIpc) is 3.15. The maximum absolute atomic E-state index is 13.5. The van der Waals surface area contributed by atoms with Gasteiger partial charge in [-0.1, -0.05) is 24.3 Å². The number of likely N-dealkylation sites (tertiary alicyclic amines) is 1. The number of amides is 1. The number of ketones is 1. The fourth-order valence-corrected chi connectivity index (χ4v) is 4.81. The normalized spacial score (nSPS) is 16.6. The van der Waals surface area contributed by atoms with Crippen molar-refractivity contribution >= 4 is 23.1 Å². The molecule has 0 aromatic heterocycles. The first kappa shape index (κ1) is 26.8. The second-order valence-electron chi connectivity index (χ2n) is 9.63. The van der Waals surface area contributed by atoms with Crippen molar-refractivity contribution in [1.82, 2.24) is 4.90 Å². The van der Waals surface area contributed by atoms with Crippen LogP contribution in [0.2, 0.25) is 0 Å². The summed E-state index contributed by atoms with van der Waals surface area (Å²) in [6.45, 7) is 6.39. The number of carbonyl (C=O) groups is 2. The van der Waals surface area contributed by atoms with Gasteiger partial charge in [0, 0.05) is 31.9 Å². The summed E-state index contributed by atoms with van der Waals surface area (Å²) in [5.74, 6) is -0.124. The standard InChI is InChI=1S/C31H34N2O5/c1-7-38-24-14-8-21(9-15-24)18-33-28(22-10-12-23(13-11-22)32(4)5)27(30(35)31(33)36)29(34)25-16-20(3)26(37-6)17-19(25)2/h8-17,28,34H,7,18H2,1-6H3/b29-27+. The number of methoxy groups -OCH3 is 1. The SMILES string of the molecule is CCOc1ccc(CN2C(=O)C(=O)/C(=C(/O)c3cc(C)c(OC)cc3C)C2c2ccc(N(C)C)cc2)cc1.